The molecule has 2 amide bonds. The summed E-state index contributed by atoms with van der Waals surface area (Å²) in [5.41, 5.74) is 0.842. The quantitative estimate of drug-likeness (QED) is 0.898. The summed E-state index contributed by atoms with van der Waals surface area (Å²) in [5, 5.41) is 2.78. The van der Waals surface area contributed by atoms with Crippen LogP contribution in [0.3, 0.4) is 0 Å². The SMILES string of the molecule is CCCC(C)N1CC(=O)NC(c2ccccc2)C1=O. The molecule has 2 unspecified atom stereocenters. The van der Waals surface area contributed by atoms with Gasteiger partial charge in [-0.25, -0.2) is 0 Å². The Morgan fingerprint density at radius 1 is 1.32 bits per heavy atom. The smallest absolute Gasteiger partial charge is 0.250 e. The molecule has 0 spiro atoms. The van der Waals surface area contributed by atoms with Crippen molar-refractivity contribution in [2.75, 3.05) is 6.54 Å². The summed E-state index contributed by atoms with van der Waals surface area (Å²) in [5.74, 6) is -0.0943. The van der Waals surface area contributed by atoms with Crippen molar-refractivity contribution in [3.63, 3.8) is 0 Å². The molecule has 102 valence electrons. The first-order valence-corrected chi connectivity index (χ1v) is 6.78. The summed E-state index contributed by atoms with van der Waals surface area (Å²) in [4.78, 5) is 26.0. The fraction of sp³-hybridized carbons (Fsp3) is 0.467. The zero-order chi connectivity index (χ0) is 13.8. The second kappa shape index (κ2) is 5.87. The van der Waals surface area contributed by atoms with Gasteiger partial charge in [0.05, 0.1) is 6.54 Å². The Bertz CT molecular complexity index is 458. The minimum atomic E-state index is -0.540. The lowest BCUT2D eigenvalue weighted by Crippen LogP contribution is -2.56. The lowest BCUT2D eigenvalue weighted by molar-refractivity contribution is -0.146. The first-order valence-electron chi connectivity index (χ1n) is 6.78. The van der Waals surface area contributed by atoms with Crippen LogP contribution in [0.25, 0.3) is 0 Å². The van der Waals surface area contributed by atoms with Crippen LogP contribution in [0.1, 0.15) is 38.3 Å². The number of benzene rings is 1. The number of amides is 2. The van der Waals surface area contributed by atoms with E-state index in [0.29, 0.717) is 0 Å². The highest BCUT2D eigenvalue weighted by Gasteiger charge is 2.35. The van der Waals surface area contributed by atoms with E-state index >= 15 is 0 Å². The third-order valence-corrected chi connectivity index (χ3v) is 3.52. The minimum Gasteiger partial charge on any atom is -0.339 e. The molecule has 1 aromatic rings. The first-order chi connectivity index (χ1) is 9.13. The molecule has 0 saturated carbocycles. The average Bonchev–Trinajstić information content (AvgIpc) is 2.42. The molecule has 0 aromatic heterocycles. The standard InChI is InChI=1S/C15H20N2O2/c1-3-7-11(2)17-10-13(18)16-14(15(17)19)12-8-5-4-6-9-12/h4-6,8-9,11,14H,3,7,10H2,1-2H3,(H,16,18). The summed E-state index contributed by atoms with van der Waals surface area (Å²) >= 11 is 0. The fourth-order valence-electron chi connectivity index (χ4n) is 2.48. The molecule has 4 heteroatoms. The lowest BCUT2D eigenvalue weighted by atomic mass is 10.0. The zero-order valence-corrected chi connectivity index (χ0v) is 11.4. The van der Waals surface area contributed by atoms with Crippen LogP contribution in [-0.4, -0.2) is 29.3 Å². The molecule has 1 heterocycles. The number of hydrogen-bond acceptors (Lipinski definition) is 2. The molecule has 4 nitrogen and oxygen atoms in total. The van der Waals surface area contributed by atoms with Crippen molar-refractivity contribution in [1.82, 2.24) is 10.2 Å². The van der Waals surface area contributed by atoms with Crippen molar-refractivity contribution in [3.05, 3.63) is 35.9 Å². The van der Waals surface area contributed by atoms with Crippen LogP contribution in [0.2, 0.25) is 0 Å². The van der Waals surface area contributed by atoms with Gasteiger partial charge >= 0.3 is 0 Å². The van der Waals surface area contributed by atoms with Gasteiger partial charge in [0, 0.05) is 6.04 Å². The Morgan fingerprint density at radius 2 is 2.00 bits per heavy atom. The van der Waals surface area contributed by atoms with Gasteiger partial charge in [0.1, 0.15) is 6.04 Å². The zero-order valence-electron chi connectivity index (χ0n) is 11.4. The molecule has 1 saturated heterocycles. The molecule has 1 aliphatic rings. The monoisotopic (exact) mass is 260 g/mol. The van der Waals surface area contributed by atoms with E-state index in [0.717, 1.165) is 18.4 Å². The van der Waals surface area contributed by atoms with Crippen LogP contribution in [0, 0.1) is 0 Å². The normalized spacial score (nSPS) is 21.2. The maximum atomic E-state index is 12.5. The molecule has 2 rings (SSSR count). The highest BCUT2D eigenvalue weighted by Crippen LogP contribution is 2.21. The molecule has 1 fully saturated rings. The molecular weight excluding hydrogens is 240 g/mol. The summed E-state index contributed by atoms with van der Waals surface area (Å²) in [6.45, 7) is 4.26. The van der Waals surface area contributed by atoms with Crippen molar-refractivity contribution in [2.45, 2.75) is 38.8 Å². The van der Waals surface area contributed by atoms with E-state index in [1.54, 1.807) is 4.90 Å². The van der Waals surface area contributed by atoms with Gasteiger partial charge in [0.25, 0.3) is 5.91 Å². The second-order valence-electron chi connectivity index (χ2n) is 5.02. The molecule has 0 aliphatic carbocycles. The predicted octanol–water partition coefficient (Wildman–Crippen LogP) is 1.87. The number of rotatable bonds is 4. The van der Waals surface area contributed by atoms with Crippen LogP contribution >= 0.6 is 0 Å². The Kier molecular flexibility index (Phi) is 4.20. The van der Waals surface area contributed by atoms with Crippen molar-refractivity contribution in [3.8, 4) is 0 Å². The lowest BCUT2D eigenvalue weighted by Gasteiger charge is -2.36. The van der Waals surface area contributed by atoms with Crippen molar-refractivity contribution in [2.24, 2.45) is 0 Å². The largest absolute Gasteiger partial charge is 0.339 e. The number of nitrogens with one attached hydrogen (secondary N) is 1. The molecule has 1 N–H and O–H groups in total. The first kappa shape index (κ1) is 13.6. The van der Waals surface area contributed by atoms with Gasteiger partial charge in [-0.15, -0.1) is 0 Å². The van der Waals surface area contributed by atoms with E-state index < -0.39 is 6.04 Å². The maximum Gasteiger partial charge on any atom is 0.250 e. The van der Waals surface area contributed by atoms with Crippen LogP contribution in [0.15, 0.2) is 30.3 Å². The van der Waals surface area contributed by atoms with Gasteiger partial charge in [-0.05, 0) is 18.9 Å². The Hall–Kier alpha value is -1.84. The van der Waals surface area contributed by atoms with Crippen LogP contribution in [0.4, 0.5) is 0 Å². The third kappa shape index (κ3) is 2.95. The number of carbonyl (C=O) groups excluding carboxylic acids is 2. The molecule has 0 bridgehead atoms. The highest BCUT2D eigenvalue weighted by molar-refractivity contribution is 5.95. The van der Waals surface area contributed by atoms with Crippen molar-refractivity contribution < 1.29 is 9.59 Å². The van der Waals surface area contributed by atoms with E-state index in [4.69, 9.17) is 0 Å². The van der Waals surface area contributed by atoms with Crippen LogP contribution in [0.5, 0.6) is 0 Å². The van der Waals surface area contributed by atoms with E-state index in [2.05, 4.69) is 12.2 Å². The molecule has 19 heavy (non-hydrogen) atoms. The maximum absolute atomic E-state index is 12.5. The highest BCUT2D eigenvalue weighted by atomic mass is 16.2. The number of nitrogens with zero attached hydrogens (tertiary/aromatic N) is 1. The molecule has 1 aromatic carbocycles. The van der Waals surface area contributed by atoms with E-state index in [1.807, 2.05) is 37.3 Å². The minimum absolute atomic E-state index is 0.00764. The Morgan fingerprint density at radius 3 is 2.63 bits per heavy atom. The third-order valence-electron chi connectivity index (χ3n) is 3.52. The summed E-state index contributed by atoms with van der Waals surface area (Å²) in [7, 11) is 0. The van der Waals surface area contributed by atoms with Gasteiger partial charge in [-0.3, -0.25) is 9.59 Å². The van der Waals surface area contributed by atoms with Gasteiger partial charge < -0.3 is 10.2 Å². The van der Waals surface area contributed by atoms with Crippen molar-refractivity contribution >= 4 is 11.8 Å². The molecule has 2 atom stereocenters. The van der Waals surface area contributed by atoms with E-state index in [9.17, 15) is 9.59 Å². The molecular formula is C15H20N2O2. The van der Waals surface area contributed by atoms with Gasteiger partial charge in [-0.1, -0.05) is 43.7 Å². The van der Waals surface area contributed by atoms with Crippen molar-refractivity contribution in [1.29, 1.82) is 0 Å². The molecule has 0 radical (unpaired) electrons. The average molecular weight is 260 g/mol. The predicted molar refractivity (Wildman–Crippen MR) is 73.4 cm³/mol. The number of carbonyl (C=O) groups is 2. The van der Waals surface area contributed by atoms with E-state index in [-0.39, 0.29) is 24.4 Å². The topological polar surface area (TPSA) is 49.4 Å². The van der Waals surface area contributed by atoms with Crippen LogP contribution < -0.4 is 5.32 Å². The van der Waals surface area contributed by atoms with Gasteiger partial charge in [0.2, 0.25) is 5.91 Å². The second-order valence-corrected chi connectivity index (χ2v) is 5.02. The Labute approximate surface area is 113 Å². The van der Waals surface area contributed by atoms with Gasteiger partial charge in [0.15, 0.2) is 0 Å². The van der Waals surface area contributed by atoms with Gasteiger partial charge in [-0.2, -0.15) is 0 Å². The van der Waals surface area contributed by atoms with E-state index in [1.165, 1.54) is 0 Å². The summed E-state index contributed by atoms with van der Waals surface area (Å²) in [6, 6.07) is 8.97. The molecule has 1 aliphatic heterocycles. The number of hydrogen-bond donors (Lipinski definition) is 1. The fourth-order valence-corrected chi connectivity index (χ4v) is 2.48. The summed E-state index contributed by atoms with van der Waals surface area (Å²) < 4.78 is 0. The summed E-state index contributed by atoms with van der Waals surface area (Å²) in [6.07, 6.45) is 1.92. The number of piperazine rings is 1. The van der Waals surface area contributed by atoms with Crippen LogP contribution in [-0.2, 0) is 9.59 Å². The Balaban J connectivity index is 2.21.